The summed E-state index contributed by atoms with van der Waals surface area (Å²) >= 11 is 0. The summed E-state index contributed by atoms with van der Waals surface area (Å²) in [4.78, 5) is 9.03. The Morgan fingerprint density at radius 2 is 2.17 bits per heavy atom. The number of aryl methyl sites for hydroxylation is 2. The molecule has 1 atom stereocenters. The topological polar surface area (TPSA) is 62.7 Å². The van der Waals surface area contributed by atoms with Gasteiger partial charge in [-0.2, -0.15) is 5.26 Å². The van der Waals surface area contributed by atoms with Crippen molar-refractivity contribution in [3.05, 3.63) is 70.7 Å². The van der Waals surface area contributed by atoms with Gasteiger partial charge in [-0.05, 0) is 55.0 Å². The van der Waals surface area contributed by atoms with Gasteiger partial charge in [-0.25, -0.2) is 4.98 Å². The third-order valence-corrected chi connectivity index (χ3v) is 4.56. The summed E-state index contributed by atoms with van der Waals surface area (Å²) in [6.45, 7) is 2.01. The Labute approximate surface area is 140 Å². The zero-order valence-electron chi connectivity index (χ0n) is 13.5. The number of benzene rings is 1. The Balaban J connectivity index is 1.61. The molecular weight excluding hydrogens is 298 g/mol. The molecular formula is C20H17N3O. The number of rotatable bonds is 2. The van der Waals surface area contributed by atoms with E-state index in [1.807, 2.05) is 43.5 Å². The molecule has 0 radical (unpaired) electrons. The van der Waals surface area contributed by atoms with Gasteiger partial charge in [-0.1, -0.05) is 18.2 Å². The average Bonchev–Trinajstić information content (AvgIpc) is 3.05. The molecule has 0 saturated heterocycles. The molecule has 2 aromatic heterocycles. The molecule has 0 saturated carbocycles. The lowest BCUT2D eigenvalue weighted by atomic mass is 9.84. The molecule has 0 bridgehead atoms. The van der Waals surface area contributed by atoms with Gasteiger partial charge in [0.2, 0.25) is 5.89 Å². The standard InChI is InChI=1S/C20H17N3O/c1-13-5-7-18(22-12-13)20-23-17-8-6-16(10-19(17)24-20)15-4-2-3-14(9-15)11-21/h2-5,7,9,12,16H,6,8,10H2,1H3. The summed E-state index contributed by atoms with van der Waals surface area (Å²) in [5, 5.41) is 9.08. The van der Waals surface area contributed by atoms with E-state index in [4.69, 9.17) is 9.68 Å². The van der Waals surface area contributed by atoms with Crippen LogP contribution in [-0.2, 0) is 12.8 Å². The van der Waals surface area contributed by atoms with E-state index in [1.165, 1.54) is 5.56 Å². The van der Waals surface area contributed by atoms with Gasteiger partial charge in [0.15, 0.2) is 0 Å². The third-order valence-electron chi connectivity index (χ3n) is 4.56. The average molecular weight is 315 g/mol. The molecule has 1 aliphatic rings. The molecule has 4 rings (SSSR count). The van der Waals surface area contributed by atoms with Crippen LogP contribution in [0.4, 0.5) is 0 Å². The minimum Gasteiger partial charge on any atom is -0.440 e. The maximum Gasteiger partial charge on any atom is 0.245 e. The Hall–Kier alpha value is -2.93. The highest BCUT2D eigenvalue weighted by Crippen LogP contribution is 2.34. The van der Waals surface area contributed by atoms with Crippen LogP contribution in [0.1, 0.15) is 40.5 Å². The normalized spacial score (nSPS) is 16.4. The van der Waals surface area contributed by atoms with Gasteiger partial charge >= 0.3 is 0 Å². The molecule has 0 amide bonds. The van der Waals surface area contributed by atoms with Crippen LogP contribution >= 0.6 is 0 Å². The summed E-state index contributed by atoms with van der Waals surface area (Å²) in [7, 11) is 0. The van der Waals surface area contributed by atoms with Gasteiger partial charge in [0.25, 0.3) is 0 Å². The molecule has 2 heterocycles. The Kier molecular flexibility index (Phi) is 3.62. The van der Waals surface area contributed by atoms with Gasteiger partial charge < -0.3 is 4.42 Å². The lowest BCUT2D eigenvalue weighted by Gasteiger charge is -2.20. The SMILES string of the molecule is Cc1ccc(-c2nc3c(o2)CC(c2cccc(C#N)c2)CC3)nc1. The van der Waals surface area contributed by atoms with E-state index in [0.29, 0.717) is 17.4 Å². The van der Waals surface area contributed by atoms with E-state index in [9.17, 15) is 0 Å². The number of nitrogens with zero attached hydrogens (tertiary/aromatic N) is 3. The lowest BCUT2D eigenvalue weighted by molar-refractivity contribution is 0.457. The van der Waals surface area contributed by atoms with Crippen LogP contribution in [0.15, 0.2) is 47.0 Å². The highest BCUT2D eigenvalue weighted by atomic mass is 16.4. The second-order valence-electron chi connectivity index (χ2n) is 6.29. The van der Waals surface area contributed by atoms with Gasteiger partial charge in [-0.15, -0.1) is 0 Å². The second kappa shape index (κ2) is 5.93. The second-order valence-corrected chi connectivity index (χ2v) is 6.29. The molecule has 118 valence electrons. The molecule has 0 aliphatic heterocycles. The summed E-state index contributed by atoms with van der Waals surface area (Å²) < 4.78 is 6.00. The summed E-state index contributed by atoms with van der Waals surface area (Å²) in [5.41, 5.74) is 4.84. The molecule has 1 aromatic carbocycles. The van der Waals surface area contributed by atoms with Crippen LogP contribution in [0.2, 0.25) is 0 Å². The van der Waals surface area contributed by atoms with Gasteiger partial charge in [0, 0.05) is 12.6 Å². The largest absolute Gasteiger partial charge is 0.440 e. The molecule has 1 unspecified atom stereocenters. The van der Waals surface area contributed by atoms with E-state index < -0.39 is 0 Å². The molecule has 1 aliphatic carbocycles. The highest BCUT2D eigenvalue weighted by molar-refractivity contribution is 5.48. The van der Waals surface area contributed by atoms with Crippen molar-refractivity contribution in [2.24, 2.45) is 0 Å². The molecule has 3 aromatic rings. The Morgan fingerprint density at radius 1 is 1.25 bits per heavy atom. The number of pyridine rings is 1. The lowest BCUT2D eigenvalue weighted by Crippen LogP contribution is -2.11. The van der Waals surface area contributed by atoms with Crippen LogP contribution in [0.5, 0.6) is 0 Å². The molecule has 4 heteroatoms. The Morgan fingerprint density at radius 3 is 2.96 bits per heavy atom. The number of fused-ring (bicyclic) bond motifs is 1. The fourth-order valence-corrected chi connectivity index (χ4v) is 3.23. The fourth-order valence-electron chi connectivity index (χ4n) is 3.23. The van der Waals surface area contributed by atoms with Crippen molar-refractivity contribution < 1.29 is 4.42 Å². The first-order valence-electron chi connectivity index (χ1n) is 8.14. The van der Waals surface area contributed by atoms with Gasteiger partial charge in [0.1, 0.15) is 11.5 Å². The highest BCUT2D eigenvalue weighted by Gasteiger charge is 2.26. The third kappa shape index (κ3) is 2.69. The summed E-state index contributed by atoms with van der Waals surface area (Å²) in [6, 6.07) is 14.0. The van der Waals surface area contributed by atoms with Gasteiger partial charge in [-0.3, -0.25) is 4.98 Å². The fraction of sp³-hybridized carbons (Fsp3) is 0.250. The van der Waals surface area contributed by atoms with Crippen LogP contribution in [-0.4, -0.2) is 9.97 Å². The van der Waals surface area contributed by atoms with Crippen molar-refractivity contribution in [3.8, 4) is 17.7 Å². The van der Waals surface area contributed by atoms with Crippen molar-refractivity contribution in [1.29, 1.82) is 5.26 Å². The predicted octanol–water partition coefficient (Wildman–Crippen LogP) is 4.19. The minimum atomic E-state index is 0.373. The number of nitriles is 1. The quantitative estimate of drug-likeness (QED) is 0.711. The van der Waals surface area contributed by atoms with E-state index in [2.05, 4.69) is 22.1 Å². The van der Waals surface area contributed by atoms with E-state index >= 15 is 0 Å². The first-order chi connectivity index (χ1) is 11.7. The first kappa shape index (κ1) is 14.6. The number of oxazole rings is 1. The molecule has 0 fully saturated rings. The van der Waals surface area contributed by atoms with E-state index in [1.54, 1.807) is 0 Å². The van der Waals surface area contributed by atoms with E-state index in [-0.39, 0.29) is 0 Å². The van der Waals surface area contributed by atoms with Crippen molar-refractivity contribution in [2.75, 3.05) is 0 Å². The Bertz CT molecular complexity index is 919. The monoisotopic (exact) mass is 315 g/mol. The van der Waals surface area contributed by atoms with Crippen LogP contribution in [0, 0.1) is 18.3 Å². The summed E-state index contributed by atoms with van der Waals surface area (Å²) in [6.07, 6.45) is 4.57. The molecule has 4 nitrogen and oxygen atoms in total. The minimum absolute atomic E-state index is 0.373. The van der Waals surface area contributed by atoms with Crippen molar-refractivity contribution in [2.45, 2.75) is 32.1 Å². The van der Waals surface area contributed by atoms with Crippen LogP contribution in [0.25, 0.3) is 11.6 Å². The summed E-state index contributed by atoms with van der Waals surface area (Å²) in [5.74, 6) is 1.93. The maximum absolute atomic E-state index is 9.08. The molecule has 0 spiro atoms. The van der Waals surface area contributed by atoms with Crippen molar-refractivity contribution in [3.63, 3.8) is 0 Å². The zero-order valence-corrected chi connectivity index (χ0v) is 13.5. The van der Waals surface area contributed by atoms with Crippen LogP contribution < -0.4 is 0 Å². The number of hydrogen-bond donors (Lipinski definition) is 0. The van der Waals surface area contributed by atoms with Crippen molar-refractivity contribution in [1.82, 2.24) is 9.97 Å². The van der Waals surface area contributed by atoms with Gasteiger partial charge in [0.05, 0.1) is 17.3 Å². The van der Waals surface area contributed by atoms with Crippen LogP contribution in [0.3, 0.4) is 0 Å². The number of aromatic nitrogens is 2. The predicted molar refractivity (Wildman–Crippen MR) is 90.4 cm³/mol. The maximum atomic E-state index is 9.08. The zero-order chi connectivity index (χ0) is 16.5. The molecule has 24 heavy (non-hydrogen) atoms. The van der Waals surface area contributed by atoms with Crippen molar-refractivity contribution >= 4 is 0 Å². The number of hydrogen-bond acceptors (Lipinski definition) is 4. The smallest absolute Gasteiger partial charge is 0.245 e. The first-order valence-corrected chi connectivity index (χ1v) is 8.14. The molecule has 0 N–H and O–H groups in total. The van der Waals surface area contributed by atoms with E-state index in [0.717, 1.165) is 42.0 Å².